The third-order valence-corrected chi connectivity index (χ3v) is 2.07. The molecule has 0 heterocycles. The molecule has 0 unspecified atom stereocenters. The molecule has 0 bridgehead atoms. The van der Waals surface area contributed by atoms with Crippen molar-refractivity contribution in [2.45, 2.75) is 18.9 Å². The summed E-state index contributed by atoms with van der Waals surface area (Å²) in [5.74, 6) is -1.02. The quantitative estimate of drug-likeness (QED) is 0.703. The molecule has 0 saturated heterocycles. The van der Waals surface area contributed by atoms with Gasteiger partial charge < -0.3 is 15.5 Å². The minimum atomic E-state index is -1.21. The second-order valence-electron chi connectivity index (χ2n) is 3.43. The lowest BCUT2D eigenvalue weighted by atomic mass is 10.0. The summed E-state index contributed by atoms with van der Waals surface area (Å²) in [7, 11) is 0. The molecule has 0 aliphatic heterocycles. The van der Waals surface area contributed by atoms with Gasteiger partial charge in [0.15, 0.2) is 0 Å². The predicted octanol–water partition coefficient (Wildman–Crippen LogP) is 1.34. The van der Waals surface area contributed by atoms with Gasteiger partial charge in [-0.3, -0.25) is 4.79 Å². The van der Waals surface area contributed by atoms with E-state index in [2.05, 4.69) is 5.32 Å². The van der Waals surface area contributed by atoms with E-state index in [-0.39, 0.29) is 6.42 Å². The molecule has 5 heteroatoms. The number of carboxylic acid groups (broad SMARTS) is 2. The maximum absolute atomic E-state index is 10.5. The van der Waals surface area contributed by atoms with Gasteiger partial charge in [0.2, 0.25) is 0 Å². The lowest BCUT2D eigenvalue weighted by Crippen LogP contribution is -2.37. The van der Waals surface area contributed by atoms with Crippen LogP contribution in [0.4, 0.5) is 4.79 Å². The number of hydrogen-bond acceptors (Lipinski definition) is 2. The summed E-state index contributed by atoms with van der Waals surface area (Å²) in [6, 6.07) is 8.57. The third-order valence-electron chi connectivity index (χ3n) is 2.07. The van der Waals surface area contributed by atoms with Crippen LogP contribution in [0.1, 0.15) is 12.0 Å². The van der Waals surface area contributed by atoms with Crippen LogP contribution in [0.3, 0.4) is 0 Å². The molecular formula is C11H13NO4. The first-order valence-corrected chi connectivity index (χ1v) is 4.83. The second kappa shape index (κ2) is 5.75. The topological polar surface area (TPSA) is 86.6 Å². The highest BCUT2D eigenvalue weighted by Gasteiger charge is 2.15. The largest absolute Gasteiger partial charge is 0.481 e. The summed E-state index contributed by atoms with van der Waals surface area (Å²) in [5.41, 5.74) is 0.905. The summed E-state index contributed by atoms with van der Waals surface area (Å²) in [5, 5.41) is 19.4. The van der Waals surface area contributed by atoms with E-state index in [0.29, 0.717) is 6.42 Å². The summed E-state index contributed by atoms with van der Waals surface area (Å²) >= 11 is 0. The SMILES string of the molecule is O=C(O)C[C@H](Cc1ccccc1)NC(=O)O. The van der Waals surface area contributed by atoms with Crippen molar-refractivity contribution in [1.82, 2.24) is 5.32 Å². The maximum atomic E-state index is 10.5. The van der Waals surface area contributed by atoms with Crippen LogP contribution >= 0.6 is 0 Å². The zero-order valence-electron chi connectivity index (χ0n) is 8.59. The van der Waals surface area contributed by atoms with E-state index in [0.717, 1.165) is 5.56 Å². The van der Waals surface area contributed by atoms with Crippen LogP contribution in [0.5, 0.6) is 0 Å². The van der Waals surface area contributed by atoms with Gasteiger partial charge in [-0.25, -0.2) is 4.79 Å². The van der Waals surface area contributed by atoms with E-state index in [1.165, 1.54) is 0 Å². The highest BCUT2D eigenvalue weighted by molar-refractivity contribution is 5.70. The molecule has 0 fully saturated rings. The fourth-order valence-corrected chi connectivity index (χ4v) is 1.46. The van der Waals surface area contributed by atoms with E-state index < -0.39 is 18.1 Å². The third kappa shape index (κ3) is 4.45. The normalized spacial score (nSPS) is 11.8. The number of carbonyl (C=O) groups is 2. The molecule has 1 rings (SSSR count). The van der Waals surface area contributed by atoms with E-state index in [4.69, 9.17) is 10.2 Å². The highest BCUT2D eigenvalue weighted by atomic mass is 16.4. The van der Waals surface area contributed by atoms with Gasteiger partial charge >= 0.3 is 12.1 Å². The molecule has 0 spiro atoms. The van der Waals surface area contributed by atoms with Crippen LogP contribution in [0.15, 0.2) is 30.3 Å². The fourth-order valence-electron chi connectivity index (χ4n) is 1.46. The van der Waals surface area contributed by atoms with Crippen molar-refractivity contribution in [3.8, 4) is 0 Å². The van der Waals surface area contributed by atoms with Crippen molar-refractivity contribution in [3.63, 3.8) is 0 Å². The molecule has 1 aromatic rings. The predicted molar refractivity (Wildman–Crippen MR) is 57.3 cm³/mol. The van der Waals surface area contributed by atoms with Gasteiger partial charge in [0.1, 0.15) is 0 Å². The first-order chi connectivity index (χ1) is 7.58. The fraction of sp³-hybridized carbons (Fsp3) is 0.273. The molecular weight excluding hydrogens is 210 g/mol. The Morgan fingerprint density at radius 2 is 1.81 bits per heavy atom. The van der Waals surface area contributed by atoms with Gasteiger partial charge in [-0.1, -0.05) is 30.3 Å². The van der Waals surface area contributed by atoms with Crippen molar-refractivity contribution in [3.05, 3.63) is 35.9 Å². The van der Waals surface area contributed by atoms with Crippen molar-refractivity contribution >= 4 is 12.1 Å². The molecule has 0 radical (unpaired) electrons. The summed E-state index contributed by atoms with van der Waals surface area (Å²) in [6.45, 7) is 0. The molecule has 16 heavy (non-hydrogen) atoms. The Labute approximate surface area is 92.7 Å². The number of carboxylic acids is 1. The Hall–Kier alpha value is -2.04. The molecule has 0 aliphatic carbocycles. The minimum Gasteiger partial charge on any atom is -0.481 e. The Balaban J connectivity index is 2.63. The van der Waals surface area contributed by atoms with Crippen molar-refractivity contribution < 1.29 is 19.8 Å². The van der Waals surface area contributed by atoms with Crippen molar-refractivity contribution in [1.29, 1.82) is 0 Å². The standard InChI is InChI=1S/C11H13NO4/c13-10(14)7-9(12-11(15)16)6-8-4-2-1-3-5-8/h1-5,9,12H,6-7H2,(H,13,14)(H,15,16)/t9-/m0/s1. The number of hydrogen-bond donors (Lipinski definition) is 3. The lowest BCUT2D eigenvalue weighted by Gasteiger charge is -2.14. The molecule has 3 N–H and O–H groups in total. The van der Waals surface area contributed by atoms with E-state index in [1.807, 2.05) is 30.3 Å². The average molecular weight is 223 g/mol. The minimum absolute atomic E-state index is 0.221. The Morgan fingerprint density at radius 1 is 1.19 bits per heavy atom. The maximum Gasteiger partial charge on any atom is 0.404 e. The highest BCUT2D eigenvalue weighted by Crippen LogP contribution is 2.05. The number of nitrogens with one attached hydrogen (secondary N) is 1. The van der Waals surface area contributed by atoms with Crippen LogP contribution < -0.4 is 5.32 Å². The first kappa shape index (κ1) is 12.0. The Bertz CT molecular complexity index is 348. The first-order valence-electron chi connectivity index (χ1n) is 4.83. The van der Waals surface area contributed by atoms with E-state index in [1.54, 1.807) is 0 Å². The zero-order chi connectivity index (χ0) is 12.0. The smallest absolute Gasteiger partial charge is 0.404 e. The van der Waals surface area contributed by atoms with E-state index >= 15 is 0 Å². The van der Waals surface area contributed by atoms with Crippen LogP contribution in [0, 0.1) is 0 Å². The number of amides is 1. The molecule has 0 saturated carbocycles. The zero-order valence-corrected chi connectivity index (χ0v) is 8.59. The Morgan fingerprint density at radius 3 is 2.31 bits per heavy atom. The Kier molecular flexibility index (Phi) is 4.32. The summed E-state index contributed by atoms with van der Waals surface area (Å²) in [4.78, 5) is 21.0. The molecule has 1 amide bonds. The number of benzene rings is 1. The molecule has 0 aliphatic rings. The van der Waals surface area contributed by atoms with Crippen LogP contribution in [0.2, 0.25) is 0 Å². The van der Waals surface area contributed by atoms with Gasteiger partial charge in [-0.15, -0.1) is 0 Å². The number of aliphatic carboxylic acids is 1. The van der Waals surface area contributed by atoms with Gasteiger partial charge in [-0.2, -0.15) is 0 Å². The molecule has 86 valence electrons. The summed E-state index contributed by atoms with van der Waals surface area (Å²) < 4.78 is 0. The lowest BCUT2D eigenvalue weighted by molar-refractivity contribution is -0.137. The molecule has 0 aromatic heterocycles. The monoisotopic (exact) mass is 223 g/mol. The van der Waals surface area contributed by atoms with Crippen LogP contribution in [-0.2, 0) is 11.2 Å². The van der Waals surface area contributed by atoms with Crippen LogP contribution in [-0.4, -0.2) is 28.3 Å². The van der Waals surface area contributed by atoms with Gasteiger partial charge in [0.25, 0.3) is 0 Å². The average Bonchev–Trinajstić information content (AvgIpc) is 2.16. The van der Waals surface area contributed by atoms with Gasteiger partial charge in [-0.05, 0) is 12.0 Å². The van der Waals surface area contributed by atoms with Gasteiger partial charge in [0.05, 0.1) is 6.42 Å². The second-order valence-corrected chi connectivity index (χ2v) is 3.43. The van der Waals surface area contributed by atoms with Gasteiger partial charge in [0, 0.05) is 6.04 Å². The number of rotatable bonds is 5. The van der Waals surface area contributed by atoms with Crippen molar-refractivity contribution in [2.24, 2.45) is 0 Å². The van der Waals surface area contributed by atoms with Crippen molar-refractivity contribution in [2.75, 3.05) is 0 Å². The van der Waals surface area contributed by atoms with Crippen LogP contribution in [0.25, 0.3) is 0 Å². The van der Waals surface area contributed by atoms with E-state index in [9.17, 15) is 9.59 Å². The molecule has 5 nitrogen and oxygen atoms in total. The molecule has 1 aromatic carbocycles. The summed E-state index contributed by atoms with van der Waals surface area (Å²) in [6.07, 6.45) is -1.05. The molecule has 1 atom stereocenters.